The molecule has 5 nitrogen and oxygen atoms in total. The number of carbonyl (C=O) groups excluding carboxylic acids is 2. The lowest BCUT2D eigenvalue weighted by atomic mass is 10.1. The van der Waals surface area contributed by atoms with Gasteiger partial charge in [0.2, 0.25) is 11.8 Å². The van der Waals surface area contributed by atoms with Crippen LogP contribution in [-0.4, -0.2) is 35.8 Å². The lowest BCUT2D eigenvalue weighted by Gasteiger charge is -2.25. The van der Waals surface area contributed by atoms with Crippen LogP contribution in [0.2, 0.25) is 5.02 Å². The molecule has 0 bridgehead atoms. The van der Waals surface area contributed by atoms with Gasteiger partial charge in [-0.05, 0) is 38.5 Å². The first kappa shape index (κ1) is 17.5. The molecule has 0 unspecified atom stereocenters. The summed E-state index contributed by atoms with van der Waals surface area (Å²) in [5.41, 5.74) is 6.12. The molecule has 1 atom stereocenters. The molecule has 1 rings (SSSR count). The Morgan fingerprint density at radius 1 is 1.29 bits per heavy atom. The van der Waals surface area contributed by atoms with Crippen LogP contribution in [0.5, 0.6) is 0 Å². The normalized spacial score (nSPS) is 12.5. The first-order valence-electron chi connectivity index (χ1n) is 6.86. The van der Waals surface area contributed by atoms with Crippen LogP contribution in [-0.2, 0) is 9.59 Å². The van der Waals surface area contributed by atoms with Crippen LogP contribution in [0.15, 0.2) is 24.3 Å². The summed E-state index contributed by atoms with van der Waals surface area (Å²) in [7, 11) is 0. The molecule has 0 heterocycles. The van der Waals surface area contributed by atoms with E-state index >= 15 is 0 Å². The van der Waals surface area contributed by atoms with E-state index in [4.69, 9.17) is 17.3 Å². The van der Waals surface area contributed by atoms with Gasteiger partial charge in [0.05, 0.1) is 19.1 Å². The number of hydrogen-bond donors (Lipinski definition) is 2. The molecule has 1 aromatic rings. The Kier molecular flexibility index (Phi) is 6.65. The zero-order valence-electron chi connectivity index (χ0n) is 12.6. The highest BCUT2D eigenvalue weighted by molar-refractivity contribution is 6.30. The molecule has 0 radical (unpaired) electrons. The molecule has 0 aromatic heterocycles. The molecular formula is C15H22ClN3O2. The second-order valence-electron chi connectivity index (χ2n) is 5.31. The van der Waals surface area contributed by atoms with Crippen molar-refractivity contribution in [3.05, 3.63) is 34.9 Å². The van der Waals surface area contributed by atoms with Gasteiger partial charge in [-0.15, -0.1) is 0 Å². The molecule has 116 valence electrons. The monoisotopic (exact) mass is 311 g/mol. The minimum absolute atomic E-state index is 0.0599. The van der Waals surface area contributed by atoms with E-state index < -0.39 is 5.91 Å². The third-order valence-electron chi connectivity index (χ3n) is 3.16. The smallest absolute Gasteiger partial charge is 0.234 e. The summed E-state index contributed by atoms with van der Waals surface area (Å²) in [6.07, 6.45) is 0. The van der Waals surface area contributed by atoms with Crippen LogP contribution in [0.4, 0.5) is 0 Å². The predicted molar refractivity (Wildman–Crippen MR) is 83.9 cm³/mol. The summed E-state index contributed by atoms with van der Waals surface area (Å²) in [5, 5.41) is 3.52. The number of hydrogen-bond acceptors (Lipinski definition) is 3. The van der Waals surface area contributed by atoms with Crippen molar-refractivity contribution in [1.29, 1.82) is 0 Å². The number of benzene rings is 1. The molecule has 1 aromatic carbocycles. The average Bonchev–Trinajstić information content (AvgIpc) is 2.37. The summed E-state index contributed by atoms with van der Waals surface area (Å²) in [4.78, 5) is 24.8. The van der Waals surface area contributed by atoms with E-state index in [-0.39, 0.29) is 31.1 Å². The van der Waals surface area contributed by atoms with Crippen LogP contribution in [0.3, 0.4) is 0 Å². The number of nitrogens with one attached hydrogen (secondary N) is 1. The lowest BCUT2D eigenvalue weighted by Crippen LogP contribution is -2.45. The number of nitrogens with two attached hydrogens (primary N) is 1. The van der Waals surface area contributed by atoms with Crippen molar-refractivity contribution < 1.29 is 9.59 Å². The number of halogens is 1. The zero-order chi connectivity index (χ0) is 16.0. The maximum atomic E-state index is 12.1. The Morgan fingerprint density at radius 3 is 2.48 bits per heavy atom. The van der Waals surface area contributed by atoms with E-state index in [1.165, 1.54) is 0 Å². The van der Waals surface area contributed by atoms with E-state index in [0.29, 0.717) is 5.02 Å². The molecule has 0 aliphatic rings. The third kappa shape index (κ3) is 6.14. The quantitative estimate of drug-likeness (QED) is 0.805. The first-order valence-corrected chi connectivity index (χ1v) is 7.24. The second-order valence-corrected chi connectivity index (χ2v) is 5.75. The summed E-state index contributed by atoms with van der Waals surface area (Å²) in [6, 6.07) is 7.25. The number of carbonyl (C=O) groups is 2. The van der Waals surface area contributed by atoms with Crippen molar-refractivity contribution in [3.8, 4) is 0 Å². The maximum absolute atomic E-state index is 12.1. The molecule has 0 saturated carbocycles. The Hall–Kier alpha value is -1.59. The molecule has 0 saturated heterocycles. The number of amides is 2. The molecular weight excluding hydrogens is 290 g/mol. The van der Waals surface area contributed by atoms with Crippen molar-refractivity contribution >= 4 is 23.4 Å². The van der Waals surface area contributed by atoms with Crippen molar-refractivity contribution in [1.82, 2.24) is 10.2 Å². The lowest BCUT2D eigenvalue weighted by molar-refractivity contribution is -0.125. The first-order chi connectivity index (χ1) is 9.79. The van der Waals surface area contributed by atoms with Crippen LogP contribution in [0, 0.1) is 0 Å². The van der Waals surface area contributed by atoms with Gasteiger partial charge >= 0.3 is 0 Å². The van der Waals surface area contributed by atoms with Crippen molar-refractivity contribution in [3.63, 3.8) is 0 Å². The summed E-state index contributed by atoms with van der Waals surface area (Å²) < 4.78 is 0. The van der Waals surface area contributed by atoms with E-state index in [1.807, 2.05) is 39.0 Å². The van der Waals surface area contributed by atoms with E-state index in [2.05, 4.69) is 5.32 Å². The topological polar surface area (TPSA) is 75.4 Å². The number of nitrogens with zero attached hydrogens (tertiary/aromatic N) is 1. The van der Waals surface area contributed by atoms with Gasteiger partial charge < -0.3 is 11.1 Å². The van der Waals surface area contributed by atoms with Gasteiger partial charge in [-0.2, -0.15) is 0 Å². The van der Waals surface area contributed by atoms with Gasteiger partial charge in [0.15, 0.2) is 0 Å². The van der Waals surface area contributed by atoms with Gasteiger partial charge in [0.25, 0.3) is 0 Å². The summed E-state index contributed by atoms with van der Waals surface area (Å²) in [5.74, 6) is -0.600. The Labute approximate surface area is 130 Å². The molecule has 21 heavy (non-hydrogen) atoms. The molecule has 3 N–H and O–H groups in total. The molecule has 2 amide bonds. The fraction of sp³-hybridized carbons (Fsp3) is 0.467. The van der Waals surface area contributed by atoms with Crippen LogP contribution in [0.25, 0.3) is 0 Å². The molecule has 0 spiro atoms. The molecule has 6 heteroatoms. The highest BCUT2D eigenvalue weighted by atomic mass is 35.5. The van der Waals surface area contributed by atoms with Crippen LogP contribution >= 0.6 is 11.6 Å². The molecule has 0 fully saturated rings. The van der Waals surface area contributed by atoms with Crippen molar-refractivity contribution in [2.45, 2.75) is 32.9 Å². The number of rotatable bonds is 7. The highest BCUT2D eigenvalue weighted by Gasteiger charge is 2.17. The third-order valence-corrected chi connectivity index (χ3v) is 3.40. The van der Waals surface area contributed by atoms with Crippen molar-refractivity contribution in [2.75, 3.05) is 13.1 Å². The fourth-order valence-electron chi connectivity index (χ4n) is 1.95. The van der Waals surface area contributed by atoms with Gasteiger partial charge in [0, 0.05) is 11.1 Å². The van der Waals surface area contributed by atoms with E-state index in [9.17, 15) is 9.59 Å². The molecule has 0 aliphatic carbocycles. The van der Waals surface area contributed by atoms with Crippen LogP contribution in [0.1, 0.15) is 32.4 Å². The largest absolute Gasteiger partial charge is 0.369 e. The van der Waals surface area contributed by atoms with Gasteiger partial charge in [-0.1, -0.05) is 23.7 Å². The summed E-state index contributed by atoms with van der Waals surface area (Å²) in [6.45, 7) is 5.91. The Bertz CT molecular complexity index is 505. The van der Waals surface area contributed by atoms with E-state index in [0.717, 1.165) is 5.56 Å². The van der Waals surface area contributed by atoms with Crippen LogP contribution < -0.4 is 11.1 Å². The van der Waals surface area contributed by atoms with Gasteiger partial charge in [0.1, 0.15) is 0 Å². The minimum Gasteiger partial charge on any atom is -0.369 e. The van der Waals surface area contributed by atoms with E-state index in [1.54, 1.807) is 11.0 Å². The SMILES string of the molecule is CC(C)N(CC(N)=O)CC(=O)N[C@@H](C)c1cccc(Cl)c1. The Balaban J connectivity index is 2.61. The molecule has 0 aliphatic heterocycles. The standard InChI is InChI=1S/C15H22ClN3O2/c1-10(2)19(8-14(17)20)9-15(21)18-11(3)12-5-4-6-13(16)7-12/h4-7,10-11H,8-9H2,1-3H3,(H2,17,20)(H,18,21)/t11-/m0/s1. The predicted octanol–water partition coefficient (Wildman–Crippen LogP) is 1.71. The second kappa shape index (κ2) is 8.00. The fourth-order valence-corrected chi connectivity index (χ4v) is 2.15. The Morgan fingerprint density at radius 2 is 1.95 bits per heavy atom. The zero-order valence-corrected chi connectivity index (χ0v) is 13.4. The minimum atomic E-state index is -0.445. The van der Waals surface area contributed by atoms with Gasteiger partial charge in [-0.3, -0.25) is 14.5 Å². The summed E-state index contributed by atoms with van der Waals surface area (Å²) >= 11 is 5.94. The maximum Gasteiger partial charge on any atom is 0.234 e. The average molecular weight is 312 g/mol. The van der Waals surface area contributed by atoms with Gasteiger partial charge in [-0.25, -0.2) is 0 Å². The highest BCUT2D eigenvalue weighted by Crippen LogP contribution is 2.17. The van der Waals surface area contributed by atoms with Crippen molar-refractivity contribution in [2.24, 2.45) is 5.73 Å². The number of primary amides is 1.